The van der Waals surface area contributed by atoms with E-state index in [0.717, 1.165) is 16.9 Å². The summed E-state index contributed by atoms with van der Waals surface area (Å²) in [4.78, 5) is 0. The van der Waals surface area contributed by atoms with Gasteiger partial charge in [0.25, 0.3) is 6.43 Å². The lowest BCUT2D eigenvalue weighted by Crippen LogP contribution is -2.24. The smallest absolute Gasteiger partial charge is 0.263 e. The number of ether oxygens (including phenoxy) is 1. The van der Waals surface area contributed by atoms with Gasteiger partial charge >= 0.3 is 0 Å². The van der Waals surface area contributed by atoms with Crippen LogP contribution in [0.3, 0.4) is 0 Å². The lowest BCUT2D eigenvalue weighted by atomic mass is 9.93. The molecule has 2 N–H and O–H groups in total. The molecule has 0 aliphatic carbocycles. The highest BCUT2D eigenvalue weighted by molar-refractivity contribution is 5.39. The van der Waals surface area contributed by atoms with Crippen molar-refractivity contribution < 1.29 is 13.5 Å². The molecule has 20 heavy (non-hydrogen) atoms. The minimum absolute atomic E-state index is 0.0125. The second-order valence-electron chi connectivity index (χ2n) is 4.96. The highest BCUT2D eigenvalue weighted by Crippen LogP contribution is 2.39. The molecule has 2 aromatic carbocycles. The lowest BCUT2D eigenvalue weighted by molar-refractivity contribution is 0.148. The molecule has 3 rings (SSSR count). The molecule has 1 aliphatic heterocycles. The van der Waals surface area contributed by atoms with Crippen LogP contribution in [0.25, 0.3) is 0 Å². The van der Waals surface area contributed by atoms with E-state index in [4.69, 9.17) is 10.5 Å². The Morgan fingerprint density at radius 3 is 2.70 bits per heavy atom. The number of nitrogens with two attached hydrogens (primary N) is 1. The van der Waals surface area contributed by atoms with Crippen LogP contribution in [-0.2, 0) is 0 Å². The first-order chi connectivity index (χ1) is 9.65. The summed E-state index contributed by atoms with van der Waals surface area (Å²) in [5.74, 6) is 0.735. The topological polar surface area (TPSA) is 35.2 Å². The molecule has 0 saturated carbocycles. The van der Waals surface area contributed by atoms with Gasteiger partial charge in [0.1, 0.15) is 11.9 Å². The van der Waals surface area contributed by atoms with E-state index in [2.05, 4.69) is 0 Å². The molecule has 0 amide bonds. The van der Waals surface area contributed by atoms with Gasteiger partial charge in [0.2, 0.25) is 0 Å². The molecule has 0 fully saturated rings. The molecule has 2 nitrogen and oxygen atoms in total. The van der Waals surface area contributed by atoms with Crippen LogP contribution in [0.4, 0.5) is 8.78 Å². The fourth-order valence-corrected chi connectivity index (χ4v) is 2.55. The Kier molecular flexibility index (Phi) is 3.40. The van der Waals surface area contributed by atoms with Gasteiger partial charge in [-0.1, -0.05) is 36.4 Å². The minimum Gasteiger partial charge on any atom is -0.485 e. The molecule has 0 bridgehead atoms. The van der Waals surface area contributed by atoms with Crippen LogP contribution in [-0.4, -0.2) is 0 Å². The van der Waals surface area contributed by atoms with E-state index < -0.39 is 6.43 Å². The highest BCUT2D eigenvalue weighted by Gasteiger charge is 2.27. The lowest BCUT2D eigenvalue weighted by Gasteiger charge is -2.30. The minimum atomic E-state index is -2.47. The van der Waals surface area contributed by atoms with E-state index in [1.807, 2.05) is 24.3 Å². The molecule has 1 aliphatic rings. The number of alkyl halides is 2. The molecule has 0 saturated heterocycles. The summed E-state index contributed by atoms with van der Waals surface area (Å²) >= 11 is 0. The number of rotatable bonds is 2. The second-order valence-corrected chi connectivity index (χ2v) is 4.96. The average Bonchev–Trinajstić information content (AvgIpc) is 2.47. The van der Waals surface area contributed by atoms with Gasteiger partial charge in [-0.2, -0.15) is 0 Å². The predicted molar refractivity (Wildman–Crippen MR) is 72.8 cm³/mol. The molecule has 2 atom stereocenters. The van der Waals surface area contributed by atoms with Gasteiger partial charge in [0.05, 0.1) is 0 Å². The zero-order valence-corrected chi connectivity index (χ0v) is 10.8. The number of hydrogen-bond donors (Lipinski definition) is 1. The molecule has 104 valence electrons. The third kappa shape index (κ3) is 2.39. The van der Waals surface area contributed by atoms with Crippen LogP contribution in [0.15, 0.2) is 48.5 Å². The maximum Gasteiger partial charge on any atom is 0.263 e. The Hall–Kier alpha value is -1.94. The summed E-state index contributed by atoms with van der Waals surface area (Å²) in [5.41, 5.74) is 7.87. The third-order valence-corrected chi connectivity index (χ3v) is 3.59. The predicted octanol–water partition coefficient (Wildman–Crippen LogP) is 4.15. The maximum atomic E-state index is 12.8. The summed E-state index contributed by atoms with van der Waals surface area (Å²) in [6.07, 6.45) is -2.16. The Bertz CT molecular complexity index is 615. The maximum absolute atomic E-state index is 12.8. The van der Waals surface area contributed by atoms with Crippen LogP contribution in [0.5, 0.6) is 5.75 Å². The van der Waals surface area contributed by atoms with E-state index >= 15 is 0 Å². The van der Waals surface area contributed by atoms with Crippen molar-refractivity contribution >= 4 is 0 Å². The molecule has 1 unspecified atom stereocenters. The van der Waals surface area contributed by atoms with E-state index in [9.17, 15) is 8.78 Å². The summed E-state index contributed by atoms with van der Waals surface area (Å²) in [5, 5.41) is 0. The normalized spacial score (nSPS) is 21.4. The van der Waals surface area contributed by atoms with Gasteiger partial charge in [-0.3, -0.25) is 0 Å². The van der Waals surface area contributed by atoms with Crippen LogP contribution in [0, 0.1) is 0 Å². The zero-order chi connectivity index (χ0) is 14.1. The van der Waals surface area contributed by atoms with Crippen molar-refractivity contribution in [3.05, 3.63) is 65.2 Å². The van der Waals surface area contributed by atoms with Crippen molar-refractivity contribution in [2.45, 2.75) is 25.0 Å². The van der Waals surface area contributed by atoms with Gasteiger partial charge in [0, 0.05) is 23.6 Å². The van der Waals surface area contributed by atoms with Crippen molar-refractivity contribution in [2.75, 3.05) is 0 Å². The largest absolute Gasteiger partial charge is 0.485 e. The van der Waals surface area contributed by atoms with Crippen LogP contribution in [0.1, 0.15) is 41.7 Å². The zero-order valence-electron chi connectivity index (χ0n) is 10.8. The van der Waals surface area contributed by atoms with Gasteiger partial charge in [-0.15, -0.1) is 0 Å². The number of para-hydroxylation sites is 1. The van der Waals surface area contributed by atoms with Gasteiger partial charge in [-0.25, -0.2) is 8.78 Å². The Labute approximate surface area is 116 Å². The molecular formula is C16H15F2NO. The first-order valence-corrected chi connectivity index (χ1v) is 6.54. The SMILES string of the molecule is N[C@H]1CC(c2cccc(C(F)F)c2)Oc2ccccc21. The van der Waals surface area contributed by atoms with Crippen molar-refractivity contribution in [1.82, 2.24) is 0 Å². The van der Waals surface area contributed by atoms with E-state index in [0.29, 0.717) is 6.42 Å². The number of fused-ring (bicyclic) bond motifs is 1. The molecule has 4 heteroatoms. The standard InChI is InChI=1S/C16H15F2NO/c17-16(18)11-5-3-4-10(8-11)15-9-13(19)12-6-1-2-7-14(12)20-15/h1-8,13,15-16H,9,19H2/t13-,15?/m0/s1. The van der Waals surface area contributed by atoms with Gasteiger partial charge < -0.3 is 10.5 Å². The summed E-state index contributed by atoms with van der Waals surface area (Å²) in [6.45, 7) is 0. The fourth-order valence-electron chi connectivity index (χ4n) is 2.55. The first kappa shape index (κ1) is 13.1. The van der Waals surface area contributed by atoms with Crippen molar-refractivity contribution in [2.24, 2.45) is 5.73 Å². The number of benzene rings is 2. The quantitative estimate of drug-likeness (QED) is 0.893. The van der Waals surface area contributed by atoms with Crippen LogP contribution >= 0.6 is 0 Å². The van der Waals surface area contributed by atoms with Gasteiger partial charge in [0.15, 0.2) is 0 Å². The van der Waals surface area contributed by atoms with Crippen molar-refractivity contribution in [3.8, 4) is 5.75 Å². The molecule has 0 radical (unpaired) electrons. The average molecular weight is 275 g/mol. The van der Waals surface area contributed by atoms with E-state index in [1.165, 1.54) is 12.1 Å². The summed E-state index contributed by atoms with van der Waals surface area (Å²) in [6, 6.07) is 13.8. The molecule has 2 aromatic rings. The fraction of sp³-hybridized carbons (Fsp3) is 0.250. The molecule has 0 aromatic heterocycles. The van der Waals surface area contributed by atoms with Crippen molar-refractivity contribution in [1.29, 1.82) is 0 Å². The molecule has 1 heterocycles. The number of halogens is 2. The van der Waals surface area contributed by atoms with Crippen LogP contribution < -0.4 is 10.5 Å². The Morgan fingerprint density at radius 2 is 1.90 bits per heavy atom. The Morgan fingerprint density at radius 1 is 1.10 bits per heavy atom. The summed E-state index contributed by atoms with van der Waals surface area (Å²) in [7, 11) is 0. The monoisotopic (exact) mass is 275 g/mol. The number of hydrogen-bond acceptors (Lipinski definition) is 2. The van der Waals surface area contributed by atoms with E-state index in [-0.39, 0.29) is 17.7 Å². The van der Waals surface area contributed by atoms with Crippen LogP contribution in [0.2, 0.25) is 0 Å². The highest BCUT2D eigenvalue weighted by atomic mass is 19.3. The first-order valence-electron chi connectivity index (χ1n) is 6.54. The third-order valence-electron chi connectivity index (χ3n) is 3.59. The Balaban J connectivity index is 1.91. The van der Waals surface area contributed by atoms with Crippen molar-refractivity contribution in [3.63, 3.8) is 0 Å². The summed E-state index contributed by atoms with van der Waals surface area (Å²) < 4.78 is 31.4. The van der Waals surface area contributed by atoms with E-state index in [1.54, 1.807) is 12.1 Å². The van der Waals surface area contributed by atoms with Gasteiger partial charge in [-0.05, 0) is 17.7 Å². The molecule has 0 spiro atoms. The molecular weight excluding hydrogens is 260 g/mol. The second kappa shape index (κ2) is 5.21.